The Labute approximate surface area is 111 Å². The molecular formula is C13H24S2Si. The topological polar surface area (TPSA) is 0 Å². The van der Waals surface area contributed by atoms with E-state index in [4.69, 9.17) is 0 Å². The van der Waals surface area contributed by atoms with Crippen LogP contribution in [-0.4, -0.2) is 24.2 Å². The first-order chi connectivity index (χ1) is 7.58. The van der Waals surface area contributed by atoms with Gasteiger partial charge in [-0.15, -0.1) is 35.0 Å². The summed E-state index contributed by atoms with van der Waals surface area (Å²) in [5.41, 5.74) is 3.44. The van der Waals surface area contributed by atoms with Gasteiger partial charge in [-0.1, -0.05) is 26.1 Å². The van der Waals surface area contributed by atoms with Crippen molar-refractivity contribution in [2.24, 2.45) is 0 Å². The van der Waals surface area contributed by atoms with Crippen LogP contribution in [0.15, 0.2) is 0 Å². The van der Waals surface area contributed by atoms with E-state index in [1.54, 1.807) is 0 Å². The molecule has 1 aliphatic rings. The Hall–Kier alpha value is 0.477. The molecule has 1 heterocycles. The van der Waals surface area contributed by atoms with Gasteiger partial charge in [0.25, 0.3) is 0 Å². The van der Waals surface area contributed by atoms with E-state index in [1.165, 1.54) is 37.2 Å². The van der Waals surface area contributed by atoms with Crippen molar-refractivity contribution in [3.63, 3.8) is 0 Å². The summed E-state index contributed by atoms with van der Waals surface area (Å²) in [6, 6.07) is 0. The summed E-state index contributed by atoms with van der Waals surface area (Å²) in [7, 11) is -1.12. The van der Waals surface area contributed by atoms with Crippen LogP contribution >= 0.6 is 23.5 Å². The molecule has 92 valence electrons. The molecule has 0 atom stereocenters. The van der Waals surface area contributed by atoms with Crippen molar-refractivity contribution < 1.29 is 0 Å². The molecule has 0 N–H and O–H groups in total. The van der Waals surface area contributed by atoms with Gasteiger partial charge in [0.2, 0.25) is 0 Å². The van der Waals surface area contributed by atoms with E-state index in [-0.39, 0.29) is 0 Å². The highest BCUT2D eigenvalue weighted by atomic mass is 32.2. The first-order valence-corrected chi connectivity index (χ1v) is 11.9. The summed E-state index contributed by atoms with van der Waals surface area (Å²) < 4.78 is 0.888. The lowest BCUT2D eigenvalue weighted by atomic mass is 10.2. The monoisotopic (exact) mass is 272 g/mol. The molecule has 16 heavy (non-hydrogen) atoms. The largest absolute Gasteiger partial charge is 0.148 e. The maximum absolute atomic E-state index is 3.44. The van der Waals surface area contributed by atoms with Crippen molar-refractivity contribution in [3.05, 3.63) is 0 Å². The van der Waals surface area contributed by atoms with Crippen LogP contribution in [-0.2, 0) is 0 Å². The Morgan fingerprint density at radius 2 is 1.81 bits per heavy atom. The number of unbranched alkanes of at least 4 members (excludes halogenated alkanes) is 2. The smallest absolute Gasteiger partial charge is 0.129 e. The Bertz CT molecular complexity index is 241. The summed E-state index contributed by atoms with van der Waals surface area (Å²) in [6.45, 7) is 6.94. The summed E-state index contributed by atoms with van der Waals surface area (Å²) >= 11 is 4.33. The van der Waals surface area contributed by atoms with E-state index in [2.05, 4.69) is 54.6 Å². The Morgan fingerprint density at radius 3 is 2.44 bits per heavy atom. The highest BCUT2D eigenvalue weighted by Crippen LogP contribution is 2.33. The predicted molar refractivity (Wildman–Crippen MR) is 82.9 cm³/mol. The van der Waals surface area contributed by atoms with Crippen LogP contribution in [0.1, 0.15) is 32.1 Å². The van der Waals surface area contributed by atoms with Gasteiger partial charge in [-0.25, -0.2) is 0 Å². The fourth-order valence-corrected chi connectivity index (χ4v) is 5.17. The van der Waals surface area contributed by atoms with Crippen LogP contribution in [0.2, 0.25) is 19.6 Å². The van der Waals surface area contributed by atoms with Gasteiger partial charge in [0.05, 0.1) is 4.58 Å². The quantitative estimate of drug-likeness (QED) is 0.416. The minimum absolute atomic E-state index is 0.888. The lowest BCUT2D eigenvalue weighted by Crippen LogP contribution is -2.16. The van der Waals surface area contributed by atoms with Gasteiger partial charge in [-0.05, 0) is 30.8 Å². The van der Waals surface area contributed by atoms with Crippen molar-refractivity contribution >= 4 is 31.6 Å². The average Bonchev–Trinajstić information content (AvgIpc) is 2.23. The Kier molecular flexibility index (Phi) is 7.03. The maximum Gasteiger partial charge on any atom is 0.129 e. The molecule has 0 saturated carbocycles. The molecule has 1 rings (SSSR count). The molecular weight excluding hydrogens is 248 g/mol. The second kappa shape index (κ2) is 7.74. The molecule has 1 aliphatic heterocycles. The second-order valence-electron chi connectivity index (χ2n) is 5.32. The summed E-state index contributed by atoms with van der Waals surface area (Å²) in [5, 5.41) is 0. The van der Waals surface area contributed by atoms with Gasteiger partial charge in [0, 0.05) is 6.42 Å². The van der Waals surface area contributed by atoms with Crippen LogP contribution < -0.4 is 0 Å². The van der Waals surface area contributed by atoms with E-state index in [1.807, 2.05) is 0 Å². The van der Waals surface area contributed by atoms with E-state index in [0.29, 0.717) is 0 Å². The van der Waals surface area contributed by atoms with Crippen LogP contribution in [0.25, 0.3) is 0 Å². The zero-order valence-electron chi connectivity index (χ0n) is 10.8. The molecule has 0 spiro atoms. The summed E-state index contributed by atoms with van der Waals surface area (Å²) in [6.07, 6.45) is 6.59. The maximum atomic E-state index is 3.44. The zero-order valence-corrected chi connectivity index (χ0v) is 13.5. The molecule has 0 aromatic rings. The standard InChI is InChI=1S/C13H24S2Si/c1-16(2,3)12-7-5-4-6-9-13-14-10-8-11-15-13/h13H,4-6,8-11H2,1-3H3. The Morgan fingerprint density at radius 1 is 1.12 bits per heavy atom. The van der Waals surface area contributed by atoms with Crippen molar-refractivity contribution in [2.75, 3.05) is 11.5 Å². The summed E-state index contributed by atoms with van der Waals surface area (Å²) in [4.78, 5) is 0. The minimum Gasteiger partial charge on any atom is -0.148 e. The van der Waals surface area contributed by atoms with Gasteiger partial charge in [0.15, 0.2) is 0 Å². The number of thioether (sulfide) groups is 2. The van der Waals surface area contributed by atoms with Crippen molar-refractivity contribution in [2.45, 2.75) is 56.3 Å². The second-order valence-corrected chi connectivity index (χ2v) is 13.0. The first-order valence-electron chi connectivity index (χ1n) is 6.31. The van der Waals surface area contributed by atoms with E-state index >= 15 is 0 Å². The highest BCUT2D eigenvalue weighted by Gasteiger charge is 2.13. The van der Waals surface area contributed by atoms with E-state index in [0.717, 1.165) is 11.0 Å². The molecule has 0 unspecified atom stereocenters. The molecule has 0 amide bonds. The molecule has 1 fully saturated rings. The van der Waals surface area contributed by atoms with Crippen molar-refractivity contribution in [1.29, 1.82) is 0 Å². The van der Waals surface area contributed by atoms with Gasteiger partial charge < -0.3 is 0 Å². The van der Waals surface area contributed by atoms with Crippen LogP contribution in [0.4, 0.5) is 0 Å². The molecule has 3 heteroatoms. The molecule has 1 saturated heterocycles. The fraction of sp³-hybridized carbons (Fsp3) is 0.846. The lowest BCUT2D eigenvalue weighted by molar-refractivity contribution is 0.728. The molecule has 0 aromatic heterocycles. The van der Waals surface area contributed by atoms with Crippen molar-refractivity contribution in [1.82, 2.24) is 0 Å². The molecule has 0 aromatic carbocycles. The van der Waals surface area contributed by atoms with Gasteiger partial charge in [-0.2, -0.15) is 0 Å². The van der Waals surface area contributed by atoms with Crippen LogP contribution in [0.5, 0.6) is 0 Å². The number of rotatable bonds is 4. The highest BCUT2D eigenvalue weighted by molar-refractivity contribution is 8.17. The van der Waals surface area contributed by atoms with Crippen LogP contribution in [0, 0.1) is 11.5 Å². The van der Waals surface area contributed by atoms with Gasteiger partial charge in [0.1, 0.15) is 8.07 Å². The summed E-state index contributed by atoms with van der Waals surface area (Å²) in [5.74, 6) is 6.13. The normalized spacial score (nSPS) is 17.9. The average molecular weight is 273 g/mol. The first kappa shape index (κ1) is 14.5. The molecule has 0 aliphatic carbocycles. The predicted octanol–water partition coefficient (Wildman–Crippen LogP) is 4.62. The number of hydrogen-bond donors (Lipinski definition) is 0. The third-order valence-electron chi connectivity index (χ3n) is 2.35. The SMILES string of the molecule is C[Si](C)(C)C#CCCCCC1SCCCS1. The molecule has 0 bridgehead atoms. The lowest BCUT2D eigenvalue weighted by Gasteiger charge is -2.20. The van der Waals surface area contributed by atoms with Gasteiger partial charge >= 0.3 is 0 Å². The number of hydrogen-bond acceptors (Lipinski definition) is 2. The van der Waals surface area contributed by atoms with E-state index in [9.17, 15) is 0 Å². The third kappa shape index (κ3) is 7.70. The molecule has 0 nitrogen and oxygen atoms in total. The zero-order chi connectivity index (χ0) is 11.9. The van der Waals surface area contributed by atoms with Crippen molar-refractivity contribution in [3.8, 4) is 11.5 Å². The molecule has 0 radical (unpaired) electrons. The third-order valence-corrected chi connectivity index (χ3v) is 6.36. The fourth-order valence-electron chi connectivity index (χ4n) is 1.56. The van der Waals surface area contributed by atoms with E-state index < -0.39 is 8.07 Å². The Balaban J connectivity index is 2.00. The minimum atomic E-state index is -1.12. The van der Waals surface area contributed by atoms with Crippen LogP contribution in [0.3, 0.4) is 0 Å². The van der Waals surface area contributed by atoms with Gasteiger partial charge in [-0.3, -0.25) is 0 Å².